The van der Waals surface area contributed by atoms with Gasteiger partial charge in [0.15, 0.2) is 0 Å². The second kappa shape index (κ2) is 5.21. The fourth-order valence-electron chi connectivity index (χ4n) is 1.41. The number of sulfonamides is 1. The lowest BCUT2D eigenvalue weighted by molar-refractivity contribution is 0.378. The molecule has 20 heavy (non-hydrogen) atoms. The Bertz CT molecular complexity index is 768. The monoisotopic (exact) mass is 296 g/mol. The van der Waals surface area contributed by atoms with Crippen molar-refractivity contribution in [1.82, 2.24) is 9.97 Å². The Hall–Kier alpha value is -2.55. The van der Waals surface area contributed by atoms with Gasteiger partial charge >= 0.3 is 0 Å². The maximum Gasteiger partial charge on any atom is 0.296 e. The number of anilines is 2. The van der Waals surface area contributed by atoms with E-state index in [0.717, 1.165) is 6.20 Å². The number of nitrogens with two attached hydrogens (primary N) is 1. The van der Waals surface area contributed by atoms with E-state index in [1.165, 1.54) is 31.4 Å². The Morgan fingerprint density at radius 2 is 1.95 bits per heavy atom. The van der Waals surface area contributed by atoms with Gasteiger partial charge in [-0.05, 0) is 24.3 Å². The van der Waals surface area contributed by atoms with Crippen LogP contribution in [0.2, 0.25) is 0 Å². The van der Waals surface area contributed by atoms with Gasteiger partial charge in [-0.2, -0.15) is 0 Å². The number of methoxy groups -OCH3 is 1. The van der Waals surface area contributed by atoms with Crippen LogP contribution in [0.1, 0.15) is 0 Å². The first kappa shape index (κ1) is 13.9. The van der Waals surface area contributed by atoms with Crippen LogP contribution in [0, 0.1) is 0 Å². The molecule has 9 heteroatoms. The zero-order chi connectivity index (χ0) is 14.8. The minimum atomic E-state index is -3.88. The minimum absolute atomic E-state index is 0.00886. The van der Waals surface area contributed by atoms with Gasteiger partial charge in [0, 0.05) is 5.69 Å². The lowest BCUT2D eigenvalue weighted by Crippen LogP contribution is -2.21. The molecule has 8 nitrogen and oxygen atoms in total. The predicted molar refractivity (Wildman–Crippen MR) is 73.1 cm³/mol. The number of hydrogen-bond donors (Lipinski definition) is 3. The average Bonchev–Trinajstić information content (AvgIpc) is 2.41. The van der Waals surface area contributed by atoms with Gasteiger partial charge in [-0.3, -0.25) is 14.5 Å². The van der Waals surface area contributed by atoms with Crippen LogP contribution < -0.4 is 20.8 Å². The molecule has 0 aliphatic rings. The molecule has 0 aliphatic heterocycles. The van der Waals surface area contributed by atoms with Crippen molar-refractivity contribution < 1.29 is 13.2 Å². The molecule has 4 N–H and O–H groups in total. The van der Waals surface area contributed by atoms with Crippen LogP contribution in [0.3, 0.4) is 0 Å². The fraction of sp³-hybridized carbons (Fsp3) is 0.0909. The van der Waals surface area contributed by atoms with Crippen LogP contribution in [0.15, 0.2) is 40.2 Å². The molecule has 0 saturated heterocycles. The molecule has 2 aromatic rings. The maximum absolute atomic E-state index is 12.1. The molecule has 0 atom stereocenters. The molecule has 0 saturated carbocycles. The minimum Gasteiger partial charge on any atom is -0.468 e. The van der Waals surface area contributed by atoms with Crippen LogP contribution in [-0.2, 0) is 10.0 Å². The summed E-state index contributed by atoms with van der Waals surface area (Å²) in [5, 5.41) is 0. The summed E-state index contributed by atoms with van der Waals surface area (Å²) in [6.45, 7) is 0. The van der Waals surface area contributed by atoms with Gasteiger partial charge in [-0.1, -0.05) is 0 Å². The zero-order valence-corrected chi connectivity index (χ0v) is 11.3. The summed E-state index contributed by atoms with van der Waals surface area (Å²) < 4.78 is 31.0. The molecule has 1 aromatic carbocycles. The highest BCUT2D eigenvalue weighted by atomic mass is 32.2. The lowest BCUT2D eigenvalue weighted by Gasteiger charge is -2.07. The van der Waals surface area contributed by atoms with Crippen molar-refractivity contribution in [3.63, 3.8) is 0 Å². The highest BCUT2D eigenvalue weighted by Crippen LogP contribution is 2.14. The number of aromatic nitrogens is 2. The van der Waals surface area contributed by atoms with Crippen LogP contribution in [0.5, 0.6) is 6.01 Å². The summed E-state index contributed by atoms with van der Waals surface area (Å²) in [6, 6.07) is 5.56. The van der Waals surface area contributed by atoms with Gasteiger partial charge in [0.2, 0.25) is 0 Å². The molecule has 0 radical (unpaired) electrons. The number of nitrogens with zero attached hydrogens (tertiary/aromatic N) is 1. The fourth-order valence-corrected chi connectivity index (χ4v) is 2.45. The predicted octanol–water partition coefficient (Wildman–Crippen LogP) is 0.161. The number of H-pyrrole nitrogens is 1. The van der Waals surface area contributed by atoms with Gasteiger partial charge < -0.3 is 10.5 Å². The molecule has 0 amide bonds. The van der Waals surface area contributed by atoms with Gasteiger partial charge in [0.05, 0.1) is 18.2 Å². The van der Waals surface area contributed by atoms with E-state index >= 15 is 0 Å². The SMILES string of the molecule is COc1ncc(NS(=O)(=O)c2ccc(N)cc2)c(=O)[nH]1. The molecule has 0 unspecified atom stereocenters. The molecule has 0 fully saturated rings. The first-order chi connectivity index (χ1) is 9.42. The second-order valence-electron chi connectivity index (χ2n) is 3.81. The summed E-state index contributed by atoms with van der Waals surface area (Å²) in [4.78, 5) is 17.6. The summed E-state index contributed by atoms with van der Waals surface area (Å²) in [5.41, 5.74) is 5.06. The molecular formula is C11H12N4O4S. The summed E-state index contributed by atoms with van der Waals surface area (Å²) in [7, 11) is -2.55. The maximum atomic E-state index is 12.1. The smallest absolute Gasteiger partial charge is 0.296 e. The van der Waals surface area contributed by atoms with Crippen molar-refractivity contribution in [3.8, 4) is 6.01 Å². The van der Waals surface area contributed by atoms with Gasteiger partial charge in [0.1, 0.15) is 5.69 Å². The van der Waals surface area contributed by atoms with Crippen LogP contribution >= 0.6 is 0 Å². The van der Waals surface area contributed by atoms with Crippen molar-refractivity contribution >= 4 is 21.4 Å². The normalized spacial score (nSPS) is 11.1. The number of nitrogens with one attached hydrogen (secondary N) is 2. The number of rotatable bonds is 4. The van der Waals surface area contributed by atoms with Crippen LogP contribution in [-0.4, -0.2) is 25.5 Å². The summed E-state index contributed by atoms with van der Waals surface area (Å²) in [5.74, 6) is 0. The van der Waals surface area contributed by atoms with Crippen molar-refractivity contribution in [1.29, 1.82) is 0 Å². The van der Waals surface area contributed by atoms with E-state index in [0.29, 0.717) is 5.69 Å². The Kier molecular flexibility index (Phi) is 3.61. The molecule has 1 heterocycles. The van der Waals surface area contributed by atoms with E-state index < -0.39 is 15.6 Å². The van der Waals surface area contributed by atoms with E-state index in [-0.39, 0.29) is 16.6 Å². The van der Waals surface area contributed by atoms with Gasteiger partial charge in [-0.15, -0.1) is 0 Å². The first-order valence-electron chi connectivity index (χ1n) is 5.44. The Balaban J connectivity index is 2.33. The molecule has 0 spiro atoms. The van der Waals surface area contributed by atoms with Crippen LogP contribution in [0.25, 0.3) is 0 Å². The summed E-state index contributed by atoms with van der Waals surface area (Å²) in [6.07, 6.45) is 1.08. The van der Waals surface area contributed by atoms with E-state index in [9.17, 15) is 13.2 Å². The topological polar surface area (TPSA) is 127 Å². The quantitative estimate of drug-likeness (QED) is 0.690. The average molecular weight is 296 g/mol. The third kappa shape index (κ3) is 2.88. The molecule has 2 rings (SSSR count). The third-order valence-corrected chi connectivity index (χ3v) is 3.79. The third-order valence-electron chi connectivity index (χ3n) is 2.40. The lowest BCUT2D eigenvalue weighted by atomic mass is 10.3. The van der Waals surface area contributed by atoms with Crippen LogP contribution in [0.4, 0.5) is 11.4 Å². The molecular weight excluding hydrogens is 284 g/mol. The van der Waals surface area contributed by atoms with E-state index in [1.54, 1.807) is 0 Å². The highest BCUT2D eigenvalue weighted by Gasteiger charge is 2.16. The number of hydrogen-bond acceptors (Lipinski definition) is 6. The Morgan fingerprint density at radius 1 is 1.30 bits per heavy atom. The number of ether oxygens (including phenoxy) is 1. The molecule has 0 aliphatic carbocycles. The largest absolute Gasteiger partial charge is 0.468 e. The van der Waals surface area contributed by atoms with E-state index in [1.807, 2.05) is 0 Å². The number of nitrogen functional groups attached to an aromatic ring is 1. The van der Waals surface area contributed by atoms with Crippen molar-refractivity contribution in [2.24, 2.45) is 0 Å². The number of aromatic amines is 1. The molecule has 1 aromatic heterocycles. The van der Waals surface area contributed by atoms with Crippen molar-refractivity contribution in [2.75, 3.05) is 17.6 Å². The molecule has 0 bridgehead atoms. The first-order valence-corrected chi connectivity index (χ1v) is 6.92. The number of benzene rings is 1. The second-order valence-corrected chi connectivity index (χ2v) is 5.49. The Morgan fingerprint density at radius 3 is 2.50 bits per heavy atom. The zero-order valence-electron chi connectivity index (χ0n) is 10.5. The van der Waals surface area contributed by atoms with Crippen molar-refractivity contribution in [3.05, 3.63) is 40.8 Å². The Labute approximate surface area is 114 Å². The van der Waals surface area contributed by atoms with E-state index in [2.05, 4.69) is 14.7 Å². The standard InChI is InChI=1S/C11H12N4O4S/c1-19-11-13-6-9(10(16)14-11)15-20(17,18)8-4-2-7(12)3-5-8/h2-6,15H,12H2,1H3,(H,13,14,16). The molecule has 106 valence electrons. The van der Waals surface area contributed by atoms with Crippen molar-refractivity contribution in [2.45, 2.75) is 4.90 Å². The summed E-state index contributed by atoms with van der Waals surface area (Å²) >= 11 is 0. The van der Waals surface area contributed by atoms with Gasteiger partial charge in [0.25, 0.3) is 21.6 Å². The van der Waals surface area contributed by atoms with Gasteiger partial charge in [-0.25, -0.2) is 13.4 Å². The van der Waals surface area contributed by atoms with E-state index in [4.69, 9.17) is 10.5 Å². The highest BCUT2D eigenvalue weighted by molar-refractivity contribution is 7.92.